The summed E-state index contributed by atoms with van der Waals surface area (Å²) in [6.07, 6.45) is 4.94. The van der Waals surface area contributed by atoms with E-state index in [1.165, 1.54) is 0 Å². The van der Waals surface area contributed by atoms with Crippen molar-refractivity contribution in [1.29, 1.82) is 0 Å². The minimum Gasteiger partial charge on any atom is -0.320 e. The van der Waals surface area contributed by atoms with Crippen molar-refractivity contribution in [2.45, 2.75) is 11.2 Å². The number of halogens is 3. The summed E-state index contributed by atoms with van der Waals surface area (Å²) >= 11 is 5.81. The van der Waals surface area contributed by atoms with Crippen LogP contribution in [0.25, 0.3) is 5.57 Å². The molecule has 2 atom stereocenters. The van der Waals surface area contributed by atoms with Crippen LogP contribution in [0.4, 0.5) is 4.39 Å². The number of allylic oxidation sites excluding steroid dienone is 2. The van der Waals surface area contributed by atoms with Gasteiger partial charge in [-0.3, -0.25) is 0 Å². The molecule has 2 unspecified atom stereocenters. The summed E-state index contributed by atoms with van der Waals surface area (Å²) in [5.41, 5.74) is 6.78. The van der Waals surface area contributed by atoms with Crippen LogP contribution in [0.3, 0.4) is 0 Å². The summed E-state index contributed by atoms with van der Waals surface area (Å²) in [6.45, 7) is 0. The smallest absolute Gasteiger partial charge is 0.227 e. The molecule has 0 saturated carbocycles. The van der Waals surface area contributed by atoms with Crippen molar-refractivity contribution < 1.29 is 4.39 Å². The fourth-order valence-electron chi connectivity index (χ4n) is 1.59. The molecule has 1 aliphatic carbocycles. The molecule has 0 radical (unpaired) electrons. The molecule has 0 bridgehead atoms. The van der Waals surface area contributed by atoms with E-state index in [4.69, 9.17) is 17.3 Å². The zero-order valence-electron chi connectivity index (χ0n) is 8.44. The lowest BCUT2D eigenvalue weighted by Gasteiger charge is -2.28. The molecule has 4 heteroatoms. The Morgan fingerprint density at radius 1 is 1.25 bits per heavy atom. The Labute approximate surface area is 105 Å². The highest BCUT2D eigenvalue weighted by Crippen LogP contribution is 2.39. The Kier molecular flexibility index (Phi) is 4.14. The number of hydrogen-bond acceptors (Lipinski definition) is 1. The number of nitrogens with two attached hydrogens (primary N) is 1. The van der Waals surface area contributed by atoms with Gasteiger partial charge in [-0.15, -0.1) is 12.4 Å². The number of benzene rings is 1. The maximum atomic E-state index is 14.1. The molecule has 16 heavy (non-hydrogen) atoms. The molecule has 0 aliphatic heterocycles. The predicted molar refractivity (Wildman–Crippen MR) is 68.5 cm³/mol. The van der Waals surface area contributed by atoms with E-state index in [1.54, 1.807) is 18.2 Å². The first-order valence-corrected chi connectivity index (χ1v) is 5.08. The van der Waals surface area contributed by atoms with Gasteiger partial charge in [0.1, 0.15) is 0 Å². The van der Waals surface area contributed by atoms with Crippen LogP contribution < -0.4 is 5.73 Å². The molecule has 2 rings (SSSR count). The van der Waals surface area contributed by atoms with Gasteiger partial charge < -0.3 is 5.73 Å². The highest BCUT2D eigenvalue weighted by Gasteiger charge is 2.39. The molecule has 0 amide bonds. The predicted octanol–water partition coefficient (Wildman–Crippen LogP) is 3.29. The van der Waals surface area contributed by atoms with Crippen LogP contribution >= 0.6 is 24.0 Å². The van der Waals surface area contributed by atoms with Crippen LogP contribution in [0.15, 0.2) is 48.6 Å². The first kappa shape index (κ1) is 13.2. The maximum absolute atomic E-state index is 14.1. The second-order valence-electron chi connectivity index (χ2n) is 3.48. The molecule has 0 fully saturated rings. The van der Waals surface area contributed by atoms with Gasteiger partial charge in [-0.1, -0.05) is 60.2 Å². The highest BCUT2D eigenvalue weighted by atomic mass is 35.5. The lowest BCUT2D eigenvalue weighted by Crippen LogP contribution is -2.40. The third-order valence-corrected chi connectivity index (χ3v) is 2.90. The summed E-state index contributed by atoms with van der Waals surface area (Å²) < 4.78 is 14.1. The fourth-order valence-corrected chi connectivity index (χ4v) is 1.83. The van der Waals surface area contributed by atoms with Crippen LogP contribution in [0, 0.1) is 0 Å². The first-order chi connectivity index (χ1) is 7.12. The minimum absolute atomic E-state index is 0. The molecule has 0 aromatic heterocycles. The van der Waals surface area contributed by atoms with Crippen molar-refractivity contribution in [1.82, 2.24) is 0 Å². The quantitative estimate of drug-likeness (QED) is 0.770. The average Bonchev–Trinajstić information content (AvgIpc) is 2.23. The van der Waals surface area contributed by atoms with Crippen molar-refractivity contribution in [3.63, 3.8) is 0 Å². The molecule has 0 saturated heterocycles. The van der Waals surface area contributed by atoms with E-state index in [1.807, 2.05) is 30.3 Å². The van der Waals surface area contributed by atoms with E-state index in [0.717, 1.165) is 5.56 Å². The third-order valence-electron chi connectivity index (χ3n) is 2.44. The summed E-state index contributed by atoms with van der Waals surface area (Å²) in [7, 11) is 0. The maximum Gasteiger partial charge on any atom is 0.227 e. The zero-order valence-corrected chi connectivity index (χ0v) is 10.0. The SMILES string of the molecule is Cl.NC1C=CC=C(c2ccccc2)C1(F)Cl. The van der Waals surface area contributed by atoms with Gasteiger partial charge in [0, 0.05) is 5.57 Å². The zero-order chi connectivity index (χ0) is 10.9. The molecule has 1 aromatic rings. The lowest BCUT2D eigenvalue weighted by molar-refractivity contribution is 0.328. The van der Waals surface area contributed by atoms with Crippen LogP contribution in [-0.2, 0) is 0 Å². The van der Waals surface area contributed by atoms with Crippen molar-refractivity contribution >= 4 is 29.6 Å². The number of alkyl halides is 2. The average molecular weight is 260 g/mol. The minimum atomic E-state index is -2.02. The molecule has 2 N–H and O–H groups in total. The van der Waals surface area contributed by atoms with Crippen LogP contribution in [0.2, 0.25) is 0 Å². The van der Waals surface area contributed by atoms with E-state index in [9.17, 15) is 4.39 Å². The lowest BCUT2D eigenvalue weighted by atomic mass is 9.92. The van der Waals surface area contributed by atoms with Crippen molar-refractivity contribution in [3.05, 3.63) is 54.1 Å². The Balaban J connectivity index is 0.00000128. The third kappa shape index (κ3) is 2.29. The van der Waals surface area contributed by atoms with Gasteiger partial charge in [0.2, 0.25) is 5.13 Å². The summed E-state index contributed by atoms with van der Waals surface area (Å²) in [5.74, 6) is 0. The Bertz CT molecular complexity index is 412. The van der Waals surface area contributed by atoms with Gasteiger partial charge >= 0.3 is 0 Å². The molecule has 86 valence electrons. The first-order valence-electron chi connectivity index (χ1n) is 4.70. The van der Waals surface area contributed by atoms with Gasteiger partial charge in [0.05, 0.1) is 6.04 Å². The van der Waals surface area contributed by atoms with Gasteiger partial charge in [-0.2, -0.15) is 0 Å². The standard InChI is InChI=1S/C12H11ClFN.ClH/c13-12(14)10(7-4-8-11(12)15)9-5-2-1-3-6-9;/h1-8,11H,15H2;1H. The number of hydrogen-bond donors (Lipinski definition) is 1. The molecule has 1 aliphatic rings. The van der Waals surface area contributed by atoms with Crippen molar-refractivity contribution in [3.8, 4) is 0 Å². The molecule has 0 heterocycles. The summed E-state index contributed by atoms with van der Waals surface area (Å²) in [6, 6.07) is 8.37. The monoisotopic (exact) mass is 259 g/mol. The second kappa shape index (κ2) is 5.00. The normalized spacial score (nSPS) is 28.2. The Morgan fingerprint density at radius 2 is 1.88 bits per heavy atom. The second-order valence-corrected chi connectivity index (χ2v) is 4.03. The topological polar surface area (TPSA) is 26.0 Å². The number of rotatable bonds is 1. The van der Waals surface area contributed by atoms with Gasteiger partial charge in [0.25, 0.3) is 0 Å². The highest BCUT2D eigenvalue weighted by molar-refractivity contribution is 6.30. The largest absolute Gasteiger partial charge is 0.320 e. The van der Waals surface area contributed by atoms with Crippen LogP contribution in [0.5, 0.6) is 0 Å². The molecular formula is C12H12Cl2FN. The summed E-state index contributed by atoms with van der Waals surface area (Å²) in [5, 5.41) is -2.02. The molecular weight excluding hydrogens is 248 g/mol. The van der Waals surface area contributed by atoms with E-state index < -0.39 is 11.2 Å². The van der Waals surface area contributed by atoms with Crippen LogP contribution in [-0.4, -0.2) is 11.2 Å². The van der Waals surface area contributed by atoms with E-state index in [0.29, 0.717) is 5.57 Å². The van der Waals surface area contributed by atoms with E-state index in [2.05, 4.69) is 0 Å². The van der Waals surface area contributed by atoms with Crippen molar-refractivity contribution in [2.24, 2.45) is 5.73 Å². The summed E-state index contributed by atoms with van der Waals surface area (Å²) in [4.78, 5) is 0. The Morgan fingerprint density at radius 3 is 2.50 bits per heavy atom. The Hall–Kier alpha value is -0.830. The van der Waals surface area contributed by atoms with Gasteiger partial charge in [-0.25, -0.2) is 4.39 Å². The van der Waals surface area contributed by atoms with Gasteiger partial charge in [-0.05, 0) is 5.56 Å². The van der Waals surface area contributed by atoms with E-state index in [-0.39, 0.29) is 12.4 Å². The van der Waals surface area contributed by atoms with E-state index >= 15 is 0 Å². The van der Waals surface area contributed by atoms with Crippen LogP contribution in [0.1, 0.15) is 5.56 Å². The molecule has 1 aromatic carbocycles. The fraction of sp³-hybridized carbons (Fsp3) is 0.167. The van der Waals surface area contributed by atoms with Crippen molar-refractivity contribution in [2.75, 3.05) is 0 Å². The molecule has 1 nitrogen and oxygen atoms in total. The molecule has 0 spiro atoms. The van der Waals surface area contributed by atoms with Gasteiger partial charge in [0.15, 0.2) is 0 Å².